The van der Waals surface area contributed by atoms with Crippen molar-refractivity contribution in [2.75, 3.05) is 13.7 Å². The van der Waals surface area contributed by atoms with Crippen LogP contribution in [0, 0.1) is 20.8 Å². The third-order valence-electron chi connectivity index (χ3n) is 3.36. The van der Waals surface area contributed by atoms with Crippen LogP contribution in [0.4, 0.5) is 0 Å². The number of hydrogen-bond donors (Lipinski definition) is 1. The number of carbonyl (C=O) groups is 1. The normalized spacial score (nSPS) is 12.3. The van der Waals surface area contributed by atoms with E-state index in [1.165, 1.54) is 29.4 Å². The fourth-order valence-electron chi connectivity index (χ4n) is 2.05. The molecule has 1 aromatic rings. The molecule has 1 unspecified atom stereocenters. The molecule has 1 rings (SSSR count). The van der Waals surface area contributed by atoms with Crippen molar-refractivity contribution in [3.05, 3.63) is 34.4 Å². The summed E-state index contributed by atoms with van der Waals surface area (Å²) in [6.07, 6.45) is 0.407. The van der Waals surface area contributed by atoms with Gasteiger partial charge in [-0.2, -0.15) is 0 Å². The zero-order chi connectivity index (χ0) is 13.7. The maximum absolute atomic E-state index is 11.0. The summed E-state index contributed by atoms with van der Waals surface area (Å²) in [4.78, 5) is 11.0. The Labute approximate surface area is 110 Å². The van der Waals surface area contributed by atoms with Gasteiger partial charge in [0, 0.05) is 12.6 Å². The summed E-state index contributed by atoms with van der Waals surface area (Å²) < 4.78 is 4.62. The van der Waals surface area contributed by atoms with Gasteiger partial charge in [-0.25, -0.2) is 0 Å². The molecule has 0 aliphatic carbocycles. The molecule has 0 aliphatic heterocycles. The standard InChI is InChI=1S/C15H23NO2/c1-10-8-12(3)14(9-11(10)2)13(4)16-7-6-15(17)18-5/h8-9,13,16H,6-7H2,1-5H3. The molecule has 0 spiro atoms. The van der Waals surface area contributed by atoms with Gasteiger partial charge in [0.05, 0.1) is 13.5 Å². The van der Waals surface area contributed by atoms with Crippen LogP contribution < -0.4 is 5.32 Å². The SMILES string of the molecule is COC(=O)CCNC(C)c1cc(C)c(C)cc1C. The molecule has 1 aromatic carbocycles. The maximum atomic E-state index is 11.0. The number of benzene rings is 1. The smallest absolute Gasteiger partial charge is 0.306 e. The molecule has 0 aromatic heterocycles. The maximum Gasteiger partial charge on any atom is 0.306 e. The summed E-state index contributed by atoms with van der Waals surface area (Å²) in [7, 11) is 1.42. The van der Waals surface area contributed by atoms with E-state index in [0.717, 1.165) is 0 Å². The van der Waals surface area contributed by atoms with Gasteiger partial charge in [0.1, 0.15) is 0 Å². The zero-order valence-electron chi connectivity index (χ0n) is 12.0. The van der Waals surface area contributed by atoms with E-state index < -0.39 is 0 Å². The monoisotopic (exact) mass is 249 g/mol. The quantitative estimate of drug-likeness (QED) is 0.815. The average molecular weight is 249 g/mol. The van der Waals surface area contributed by atoms with Crippen LogP contribution in [0.15, 0.2) is 12.1 Å². The Morgan fingerprint density at radius 1 is 1.22 bits per heavy atom. The van der Waals surface area contributed by atoms with Crippen molar-refractivity contribution < 1.29 is 9.53 Å². The van der Waals surface area contributed by atoms with Crippen molar-refractivity contribution >= 4 is 5.97 Å². The van der Waals surface area contributed by atoms with Crippen molar-refractivity contribution in [2.24, 2.45) is 0 Å². The molecule has 0 amide bonds. The van der Waals surface area contributed by atoms with Crippen LogP contribution in [0.2, 0.25) is 0 Å². The van der Waals surface area contributed by atoms with Crippen LogP contribution in [0.25, 0.3) is 0 Å². The summed E-state index contributed by atoms with van der Waals surface area (Å²) >= 11 is 0. The van der Waals surface area contributed by atoms with E-state index in [4.69, 9.17) is 0 Å². The number of hydrogen-bond acceptors (Lipinski definition) is 3. The Hall–Kier alpha value is -1.35. The molecular weight excluding hydrogens is 226 g/mol. The lowest BCUT2D eigenvalue weighted by atomic mass is 9.96. The van der Waals surface area contributed by atoms with E-state index in [1.54, 1.807) is 0 Å². The van der Waals surface area contributed by atoms with Gasteiger partial charge in [-0.3, -0.25) is 4.79 Å². The van der Waals surface area contributed by atoms with Crippen LogP contribution in [0.5, 0.6) is 0 Å². The van der Waals surface area contributed by atoms with E-state index in [0.29, 0.717) is 13.0 Å². The molecule has 18 heavy (non-hydrogen) atoms. The lowest BCUT2D eigenvalue weighted by Crippen LogP contribution is -2.23. The molecule has 0 aliphatic rings. The molecule has 1 N–H and O–H groups in total. The van der Waals surface area contributed by atoms with E-state index in [2.05, 4.69) is 49.9 Å². The summed E-state index contributed by atoms with van der Waals surface area (Å²) in [6.45, 7) is 9.13. The van der Waals surface area contributed by atoms with Gasteiger partial charge in [-0.1, -0.05) is 12.1 Å². The van der Waals surface area contributed by atoms with E-state index in [9.17, 15) is 4.79 Å². The summed E-state index contributed by atoms with van der Waals surface area (Å²) in [5.74, 6) is -0.175. The topological polar surface area (TPSA) is 38.3 Å². The molecule has 3 nitrogen and oxygen atoms in total. The number of methoxy groups -OCH3 is 1. The number of rotatable bonds is 5. The largest absolute Gasteiger partial charge is 0.469 e. The number of carbonyl (C=O) groups excluding carboxylic acids is 1. The fourth-order valence-corrected chi connectivity index (χ4v) is 2.05. The molecule has 100 valence electrons. The Morgan fingerprint density at radius 2 is 1.83 bits per heavy atom. The van der Waals surface area contributed by atoms with Crippen LogP contribution in [0.1, 0.15) is 41.6 Å². The van der Waals surface area contributed by atoms with Gasteiger partial charge in [0.25, 0.3) is 0 Å². The van der Waals surface area contributed by atoms with Gasteiger partial charge in [-0.15, -0.1) is 0 Å². The predicted octanol–water partition coefficient (Wildman–Crippen LogP) is 2.83. The van der Waals surface area contributed by atoms with E-state index in [1.807, 2.05) is 0 Å². The first-order valence-corrected chi connectivity index (χ1v) is 6.33. The van der Waals surface area contributed by atoms with E-state index >= 15 is 0 Å². The first-order valence-electron chi connectivity index (χ1n) is 6.33. The third kappa shape index (κ3) is 3.84. The van der Waals surface area contributed by atoms with Gasteiger partial charge in [-0.05, 0) is 49.9 Å². The summed E-state index contributed by atoms with van der Waals surface area (Å²) in [5.41, 5.74) is 5.20. The number of ether oxygens (including phenoxy) is 1. The molecule has 0 heterocycles. The predicted molar refractivity (Wildman–Crippen MR) is 73.7 cm³/mol. The first kappa shape index (κ1) is 14.7. The van der Waals surface area contributed by atoms with Gasteiger partial charge in [0.15, 0.2) is 0 Å². The first-order chi connectivity index (χ1) is 8.45. The van der Waals surface area contributed by atoms with Gasteiger partial charge >= 0.3 is 5.97 Å². The zero-order valence-corrected chi connectivity index (χ0v) is 12.0. The molecule has 1 atom stereocenters. The van der Waals surface area contributed by atoms with Crippen molar-refractivity contribution in [3.63, 3.8) is 0 Å². The molecule has 0 radical (unpaired) electrons. The number of nitrogens with one attached hydrogen (secondary N) is 1. The van der Waals surface area contributed by atoms with Crippen molar-refractivity contribution in [3.8, 4) is 0 Å². The third-order valence-corrected chi connectivity index (χ3v) is 3.36. The second kappa shape index (κ2) is 6.55. The number of aryl methyl sites for hydroxylation is 3. The van der Waals surface area contributed by atoms with Crippen LogP contribution in [-0.2, 0) is 9.53 Å². The van der Waals surface area contributed by atoms with Crippen LogP contribution in [0.3, 0.4) is 0 Å². The minimum Gasteiger partial charge on any atom is -0.469 e. The molecule has 3 heteroatoms. The average Bonchev–Trinajstić information content (AvgIpc) is 2.33. The molecular formula is C15H23NO2. The molecule has 0 saturated carbocycles. The highest BCUT2D eigenvalue weighted by molar-refractivity contribution is 5.69. The Bertz CT molecular complexity index is 427. The van der Waals surface area contributed by atoms with Crippen molar-refractivity contribution in [1.29, 1.82) is 0 Å². The van der Waals surface area contributed by atoms with Gasteiger partial charge < -0.3 is 10.1 Å². The van der Waals surface area contributed by atoms with Crippen LogP contribution in [-0.4, -0.2) is 19.6 Å². The minimum absolute atomic E-state index is 0.175. The Kier molecular flexibility index (Phi) is 5.35. The highest BCUT2D eigenvalue weighted by Gasteiger charge is 2.10. The van der Waals surface area contributed by atoms with Gasteiger partial charge in [0.2, 0.25) is 0 Å². The van der Waals surface area contributed by atoms with Crippen molar-refractivity contribution in [1.82, 2.24) is 5.32 Å². The Balaban J connectivity index is 2.64. The fraction of sp³-hybridized carbons (Fsp3) is 0.533. The highest BCUT2D eigenvalue weighted by atomic mass is 16.5. The lowest BCUT2D eigenvalue weighted by Gasteiger charge is -2.18. The molecule has 0 bridgehead atoms. The molecule has 0 saturated heterocycles. The summed E-state index contributed by atoms with van der Waals surface area (Å²) in [6, 6.07) is 4.68. The summed E-state index contributed by atoms with van der Waals surface area (Å²) in [5, 5.41) is 3.35. The highest BCUT2D eigenvalue weighted by Crippen LogP contribution is 2.21. The number of esters is 1. The second-order valence-electron chi connectivity index (χ2n) is 4.79. The second-order valence-corrected chi connectivity index (χ2v) is 4.79. The minimum atomic E-state index is -0.175. The van der Waals surface area contributed by atoms with Crippen LogP contribution >= 0.6 is 0 Å². The van der Waals surface area contributed by atoms with E-state index in [-0.39, 0.29) is 12.0 Å². The lowest BCUT2D eigenvalue weighted by molar-refractivity contribution is -0.140. The molecule has 0 fully saturated rings. The Morgan fingerprint density at radius 3 is 2.44 bits per heavy atom. The van der Waals surface area contributed by atoms with Crippen molar-refractivity contribution in [2.45, 2.75) is 40.2 Å².